The molecule has 0 radical (unpaired) electrons. The van der Waals surface area contributed by atoms with Crippen LogP contribution < -0.4 is 0 Å². The second kappa shape index (κ2) is 5.20. The summed E-state index contributed by atoms with van der Waals surface area (Å²) in [6.45, 7) is 1.57. The Hall–Kier alpha value is -1.77. The molecule has 0 unspecified atom stereocenters. The van der Waals surface area contributed by atoms with Crippen LogP contribution in [0.25, 0.3) is 10.9 Å². The fourth-order valence-corrected chi connectivity index (χ4v) is 1.29. The van der Waals surface area contributed by atoms with Gasteiger partial charge in [-0.25, -0.2) is 0 Å². The van der Waals surface area contributed by atoms with E-state index in [9.17, 15) is 9.18 Å². The molecule has 0 saturated heterocycles. The predicted molar refractivity (Wildman–Crippen MR) is 58.8 cm³/mol. The fraction of sp³-hybridized carbons (Fsp3) is 0.167. The third-order valence-electron chi connectivity index (χ3n) is 2.01. The van der Waals surface area contributed by atoms with Crippen LogP contribution in [0.3, 0.4) is 0 Å². The normalized spacial score (nSPS) is 9.27. The minimum atomic E-state index is 0.0887. The summed E-state index contributed by atoms with van der Waals surface area (Å²) >= 11 is 0. The van der Waals surface area contributed by atoms with Crippen molar-refractivity contribution < 1.29 is 9.18 Å². The van der Waals surface area contributed by atoms with E-state index in [1.165, 1.54) is 0 Å². The Labute approximate surface area is 87.8 Å². The smallest absolute Gasteiger partial charge is 0.159 e. The monoisotopic (exact) mass is 205 g/mol. The van der Waals surface area contributed by atoms with Crippen LogP contribution in [0.1, 0.15) is 17.3 Å². The number of alkyl halides is 1. The lowest BCUT2D eigenvalue weighted by Gasteiger charge is -1.98. The Morgan fingerprint density at radius 1 is 1.27 bits per heavy atom. The number of hydrogen-bond acceptors (Lipinski definition) is 2. The van der Waals surface area contributed by atoms with E-state index in [0.717, 1.165) is 16.5 Å². The number of nitrogens with zero attached hydrogens (tertiary/aromatic N) is 1. The average Bonchev–Trinajstić information content (AvgIpc) is 2.31. The number of pyridine rings is 1. The van der Waals surface area contributed by atoms with E-state index < -0.39 is 0 Å². The first-order valence-electron chi connectivity index (χ1n) is 4.51. The summed E-state index contributed by atoms with van der Waals surface area (Å²) in [5, 5.41) is 1.01. The zero-order valence-corrected chi connectivity index (χ0v) is 8.70. The van der Waals surface area contributed by atoms with E-state index in [1.807, 2.05) is 24.3 Å². The SMILES string of the molecule is CC(=O)c1ccc2ncccc2c1.CF. The first-order chi connectivity index (χ1) is 7.27. The summed E-state index contributed by atoms with van der Waals surface area (Å²) in [6.07, 6.45) is 1.75. The molecular weight excluding hydrogens is 193 g/mol. The second-order valence-corrected chi connectivity index (χ2v) is 2.97. The van der Waals surface area contributed by atoms with Gasteiger partial charge in [0, 0.05) is 17.1 Å². The van der Waals surface area contributed by atoms with Crippen molar-refractivity contribution >= 4 is 16.7 Å². The van der Waals surface area contributed by atoms with Crippen molar-refractivity contribution in [3.63, 3.8) is 0 Å². The van der Waals surface area contributed by atoms with Crippen molar-refractivity contribution in [3.8, 4) is 0 Å². The Morgan fingerprint density at radius 3 is 2.67 bits per heavy atom. The van der Waals surface area contributed by atoms with Crippen LogP contribution in [0.2, 0.25) is 0 Å². The molecular formula is C12H12FNO. The molecule has 0 spiro atoms. The number of aromatic nitrogens is 1. The third kappa shape index (κ3) is 2.59. The lowest BCUT2D eigenvalue weighted by Crippen LogP contribution is -1.91. The Morgan fingerprint density at radius 2 is 2.00 bits per heavy atom. The quantitative estimate of drug-likeness (QED) is 0.670. The first-order valence-corrected chi connectivity index (χ1v) is 4.51. The van der Waals surface area contributed by atoms with Gasteiger partial charge >= 0.3 is 0 Å². The Bertz CT molecular complexity index is 468. The van der Waals surface area contributed by atoms with E-state index >= 15 is 0 Å². The predicted octanol–water partition coefficient (Wildman–Crippen LogP) is 3.02. The molecule has 1 aromatic heterocycles. The van der Waals surface area contributed by atoms with E-state index in [1.54, 1.807) is 19.2 Å². The van der Waals surface area contributed by atoms with Crippen molar-refractivity contribution in [2.24, 2.45) is 0 Å². The Balaban J connectivity index is 0.000000531. The van der Waals surface area contributed by atoms with E-state index in [-0.39, 0.29) is 5.78 Å². The first kappa shape index (κ1) is 11.3. The van der Waals surface area contributed by atoms with Gasteiger partial charge in [-0.05, 0) is 31.2 Å². The molecule has 78 valence electrons. The molecule has 0 saturated carbocycles. The Kier molecular flexibility index (Phi) is 3.92. The van der Waals surface area contributed by atoms with Crippen LogP contribution in [0.5, 0.6) is 0 Å². The lowest BCUT2D eigenvalue weighted by molar-refractivity contribution is 0.101. The molecule has 2 aromatic rings. The van der Waals surface area contributed by atoms with Gasteiger partial charge in [0.25, 0.3) is 0 Å². The molecule has 0 N–H and O–H groups in total. The largest absolute Gasteiger partial charge is 0.295 e. The number of benzene rings is 1. The maximum Gasteiger partial charge on any atom is 0.159 e. The summed E-state index contributed by atoms with van der Waals surface area (Å²) in [5.41, 5.74) is 1.66. The summed E-state index contributed by atoms with van der Waals surface area (Å²) in [4.78, 5) is 15.2. The molecule has 0 fully saturated rings. The zero-order valence-electron chi connectivity index (χ0n) is 8.70. The molecule has 0 aliphatic carbocycles. The van der Waals surface area contributed by atoms with Gasteiger partial charge in [0.15, 0.2) is 5.78 Å². The molecule has 0 bridgehead atoms. The van der Waals surface area contributed by atoms with E-state index in [0.29, 0.717) is 7.18 Å². The van der Waals surface area contributed by atoms with Gasteiger partial charge < -0.3 is 0 Å². The summed E-state index contributed by atoms with van der Waals surface area (Å²) < 4.78 is 9.50. The van der Waals surface area contributed by atoms with Crippen molar-refractivity contribution in [1.82, 2.24) is 4.98 Å². The van der Waals surface area contributed by atoms with E-state index in [4.69, 9.17) is 0 Å². The number of rotatable bonds is 1. The van der Waals surface area contributed by atoms with Gasteiger partial charge in [-0.2, -0.15) is 0 Å². The van der Waals surface area contributed by atoms with Crippen LogP contribution in [-0.2, 0) is 0 Å². The van der Waals surface area contributed by atoms with Gasteiger partial charge in [0.05, 0.1) is 12.7 Å². The number of carbonyl (C=O) groups is 1. The molecule has 0 aliphatic heterocycles. The van der Waals surface area contributed by atoms with Crippen LogP contribution in [0.15, 0.2) is 36.5 Å². The summed E-state index contributed by atoms with van der Waals surface area (Å²) in [6, 6.07) is 9.36. The molecule has 1 aromatic carbocycles. The van der Waals surface area contributed by atoms with Gasteiger partial charge in [0.1, 0.15) is 0 Å². The van der Waals surface area contributed by atoms with Gasteiger partial charge in [0.2, 0.25) is 0 Å². The fourth-order valence-electron chi connectivity index (χ4n) is 1.29. The molecule has 1 heterocycles. The van der Waals surface area contributed by atoms with Gasteiger partial charge in [-0.1, -0.05) is 6.07 Å². The average molecular weight is 205 g/mol. The highest BCUT2D eigenvalue weighted by Crippen LogP contribution is 2.13. The number of Topliss-reactive ketones (excluding diaryl/α,β-unsaturated/α-hetero) is 1. The highest BCUT2D eigenvalue weighted by atomic mass is 19.1. The topological polar surface area (TPSA) is 30.0 Å². The molecule has 0 atom stereocenters. The molecule has 0 amide bonds. The maximum atomic E-state index is 11.1. The van der Waals surface area contributed by atoms with E-state index in [2.05, 4.69) is 4.98 Å². The standard InChI is InChI=1S/C11H9NO.CH3F/c1-8(13)9-4-5-11-10(7-9)3-2-6-12-11;1-2/h2-7H,1H3;1H3. The van der Waals surface area contributed by atoms with Crippen LogP contribution in [0, 0.1) is 0 Å². The maximum absolute atomic E-state index is 11.1. The number of hydrogen-bond donors (Lipinski definition) is 0. The van der Waals surface area contributed by atoms with Crippen molar-refractivity contribution in [2.75, 3.05) is 7.18 Å². The van der Waals surface area contributed by atoms with Crippen LogP contribution in [-0.4, -0.2) is 17.9 Å². The van der Waals surface area contributed by atoms with Crippen molar-refractivity contribution in [2.45, 2.75) is 6.92 Å². The molecule has 0 aliphatic rings. The summed E-state index contributed by atoms with van der Waals surface area (Å²) in [5.74, 6) is 0.0887. The molecule has 2 rings (SSSR count). The number of halogens is 1. The number of ketones is 1. The number of fused-ring (bicyclic) bond motifs is 1. The second-order valence-electron chi connectivity index (χ2n) is 2.97. The molecule has 15 heavy (non-hydrogen) atoms. The van der Waals surface area contributed by atoms with Crippen LogP contribution in [0.4, 0.5) is 4.39 Å². The number of carbonyl (C=O) groups excluding carboxylic acids is 1. The van der Waals surface area contributed by atoms with Gasteiger partial charge in [-0.15, -0.1) is 0 Å². The third-order valence-corrected chi connectivity index (χ3v) is 2.01. The zero-order chi connectivity index (χ0) is 11.3. The van der Waals surface area contributed by atoms with Crippen molar-refractivity contribution in [3.05, 3.63) is 42.1 Å². The highest BCUT2D eigenvalue weighted by Gasteiger charge is 1.99. The van der Waals surface area contributed by atoms with Crippen molar-refractivity contribution in [1.29, 1.82) is 0 Å². The van der Waals surface area contributed by atoms with Gasteiger partial charge in [-0.3, -0.25) is 14.2 Å². The minimum Gasteiger partial charge on any atom is -0.295 e. The van der Waals surface area contributed by atoms with Crippen LogP contribution >= 0.6 is 0 Å². The minimum absolute atomic E-state index is 0.0887. The lowest BCUT2D eigenvalue weighted by atomic mass is 10.1. The molecule has 3 heteroatoms. The highest BCUT2D eigenvalue weighted by molar-refractivity contribution is 5.97. The molecule has 2 nitrogen and oxygen atoms in total. The summed E-state index contributed by atoms with van der Waals surface area (Å²) in [7, 11) is 0.500.